The zero-order valence-electron chi connectivity index (χ0n) is 16.1. The van der Waals surface area contributed by atoms with E-state index in [4.69, 9.17) is 14.2 Å². The second-order valence-electron chi connectivity index (χ2n) is 5.77. The first kappa shape index (κ1) is 21.4. The Kier molecular flexibility index (Phi) is 7.30. The van der Waals surface area contributed by atoms with Crippen LogP contribution in [0.15, 0.2) is 36.4 Å². The molecule has 152 valence electrons. The van der Waals surface area contributed by atoms with Gasteiger partial charge >= 0.3 is 5.97 Å². The summed E-state index contributed by atoms with van der Waals surface area (Å²) < 4.78 is 15.3. The van der Waals surface area contributed by atoms with Crippen molar-refractivity contribution in [3.63, 3.8) is 0 Å². The van der Waals surface area contributed by atoms with Gasteiger partial charge in [-0.3, -0.25) is 14.4 Å². The molecule has 0 bridgehead atoms. The Morgan fingerprint density at radius 3 is 2.28 bits per heavy atom. The highest BCUT2D eigenvalue weighted by Gasteiger charge is 2.23. The zero-order chi connectivity index (χ0) is 21.4. The van der Waals surface area contributed by atoms with E-state index in [0.29, 0.717) is 17.7 Å². The molecule has 0 aliphatic rings. The third-order valence-electron chi connectivity index (χ3n) is 3.71. The molecule has 0 unspecified atom stereocenters. The molecule has 0 atom stereocenters. The predicted octanol–water partition coefficient (Wildman–Crippen LogP) is 2.27. The smallest absolute Gasteiger partial charge is 0.343 e. The highest BCUT2D eigenvalue weighted by molar-refractivity contribution is 6.03. The lowest BCUT2D eigenvalue weighted by atomic mass is 10.1. The predicted molar refractivity (Wildman–Crippen MR) is 105 cm³/mol. The minimum Gasteiger partial charge on any atom is -0.493 e. The fourth-order valence-electron chi connectivity index (χ4n) is 2.53. The van der Waals surface area contributed by atoms with Gasteiger partial charge in [0.2, 0.25) is 5.91 Å². The van der Waals surface area contributed by atoms with Crippen LogP contribution >= 0.6 is 0 Å². The van der Waals surface area contributed by atoms with Crippen molar-refractivity contribution in [3.8, 4) is 11.5 Å². The maximum Gasteiger partial charge on any atom is 0.343 e. The number of carbonyl (C=O) groups excluding carboxylic acids is 4. The summed E-state index contributed by atoms with van der Waals surface area (Å²) in [4.78, 5) is 47.0. The topological polar surface area (TPSA) is 120 Å². The molecule has 0 aliphatic carbocycles. The molecule has 2 N–H and O–H groups in total. The number of esters is 1. The molecule has 29 heavy (non-hydrogen) atoms. The van der Waals surface area contributed by atoms with Crippen LogP contribution < -0.4 is 20.1 Å². The quantitative estimate of drug-likeness (QED) is 0.515. The maximum absolute atomic E-state index is 12.5. The molecule has 0 fully saturated rings. The Morgan fingerprint density at radius 2 is 1.69 bits per heavy atom. The number of carbonyl (C=O) groups is 4. The molecular weight excluding hydrogens is 380 g/mol. The van der Waals surface area contributed by atoms with Crippen LogP contribution in [0.25, 0.3) is 0 Å². The third kappa shape index (κ3) is 5.55. The summed E-state index contributed by atoms with van der Waals surface area (Å²) in [5.74, 6) is -1.49. The van der Waals surface area contributed by atoms with Crippen LogP contribution in [0, 0.1) is 0 Å². The average molecular weight is 400 g/mol. The van der Waals surface area contributed by atoms with E-state index in [9.17, 15) is 19.2 Å². The van der Waals surface area contributed by atoms with Gasteiger partial charge in [0.25, 0.3) is 5.91 Å². The Labute approximate surface area is 166 Å². The SMILES string of the molecule is COc1ccc(C=O)c(C(=O)OCC(=O)Nc2cccc(NC(C)=O)c2)c1OC. The molecule has 0 aromatic heterocycles. The van der Waals surface area contributed by atoms with Gasteiger partial charge in [-0.05, 0) is 30.3 Å². The van der Waals surface area contributed by atoms with Crippen molar-refractivity contribution in [3.05, 3.63) is 47.5 Å². The van der Waals surface area contributed by atoms with Gasteiger partial charge in [0, 0.05) is 23.9 Å². The van der Waals surface area contributed by atoms with Crippen molar-refractivity contribution < 1.29 is 33.4 Å². The van der Waals surface area contributed by atoms with Crippen LogP contribution in [0.5, 0.6) is 11.5 Å². The average Bonchev–Trinajstić information content (AvgIpc) is 2.70. The minimum absolute atomic E-state index is 0.0329. The second-order valence-corrected chi connectivity index (χ2v) is 5.77. The molecule has 2 amide bonds. The van der Waals surface area contributed by atoms with E-state index in [-0.39, 0.29) is 28.5 Å². The zero-order valence-corrected chi connectivity index (χ0v) is 16.1. The van der Waals surface area contributed by atoms with E-state index in [1.54, 1.807) is 24.3 Å². The maximum atomic E-state index is 12.5. The lowest BCUT2D eigenvalue weighted by molar-refractivity contribution is -0.119. The molecule has 2 aromatic rings. The van der Waals surface area contributed by atoms with E-state index in [1.807, 2.05) is 0 Å². The van der Waals surface area contributed by atoms with Crippen LogP contribution in [0.1, 0.15) is 27.6 Å². The Hall–Kier alpha value is -3.88. The third-order valence-corrected chi connectivity index (χ3v) is 3.71. The van der Waals surface area contributed by atoms with Crippen LogP contribution in [0.3, 0.4) is 0 Å². The minimum atomic E-state index is -0.912. The lowest BCUT2D eigenvalue weighted by Gasteiger charge is -2.14. The van der Waals surface area contributed by atoms with Gasteiger partial charge < -0.3 is 24.8 Å². The second kappa shape index (κ2) is 9.88. The fraction of sp³-hybridized carbons (Fsp3) is 0.200. The highest BCUT2D eigenvalue weighted by Crippen LogP contribution is 2.33. The molecule has 9 heteroatoms. The summed E-state index contributed by atoms with van der Waals surface area (Å²) >= 11 is 0. The molecule has 0 aliphatic heterocycles. The Morgan fingerprint density at radius 1 is 1.00 bits per heavy atom. The molecule has 0 radical (unpaired) electrons. The Balaban J connectivity index is 2.08. The standard InChI is InChI=1S/C20H20N2O7/c1-12(24)21-14-5-4-6-15(9-14)22-17(25)11-29-20(26)18-13(10-23)7-8-16(27-2)19(18)28-3/h4-10H,11H2,1-3H3,(H,21,24)(H,22,25). The fourth-order valence-corrected chi connectivity index (χ4v) is 2.53. The van der Waals surface area contributed by atoms with Crippen LogP contribution in [0.4, 0.5) is 11.4 Å². The number of aldehydes is 1. The van der Waals surface area contributed by atoms with Crippen molar-refractivity contribution in [2.75, 3.05) is 31.5 Å². The van der Waals surface area contributed by atoms with Gasteiger partial charge in [0.15, 0.2) is 24.4 Å². The number of methoxy groups -OCH3 is 2. The lowest BCUT2D eigenvalue weighted by Crippen LogP contribution is -2.22. The van der Waals surface area contributed by atoms with Crippen LogP contribution in [-0.4, -0.2) is 44.9 Å². The first-order valence-electron chi connectivity index (χ1n) is 8.44. The van der Waals surface area contributed by atoms with Crippen LogP contribution in [-0.2, 0) is 14.3 Å². The van der Waals surface area contributed by atoms with E-state index in [0.717, 1.165) is 0 Å². The molecule has 2 rings (SSSR count). The summed E-state index contributed by atoms with van der Waals surface area (Å²) in [5.41, 5.74) is 0.812. The van der Waals surface area contributed by atoms with Gasteiger partial charge in [0.1, 0.15) is 5.56 Å². The largest absolute Gasteiger partial charge is 0.493 e. The number of rotatable bonds is 8. The van der Waals surface area contributed by atoms with Crippen molar-refractivity contribution in [1.29, 1.82) is 0 Å². The first-order chi connectivity index (χ1) is 13.9. The number of amides is 2. The van der Waals surface area contributed by atoms with Gasteiger partial charge in [-0.1, -0.05) is 6.07 Å². The van der Waals surface area contributed by atoms with Crippen molar-refractivity contribution in [1.82, 2.24) is 0 Å². The van der Waals surface area contributed by atoms with E-state index in [2.05, 4.69) is 10.6 Å². The van der Waals surface area contributed by atoms with E-state index < -0.39 is 18.5 Å². The van der Waals surface area contributed by atoms with Crippen molar-refractivity contribution in [2.24, 2.45) is 0 Å². The van der Waals surface area contributed by atoms with Gasteiger partial charge in [-0.15, -0.1) is 0 Å². The number of benzene rings is 2. The number of hydrogen-bond acceptors (Lipinski definition) is 7. The number of nitrogens with one attached hydrogen (secondary N) is 2. The van der Waals surface area contributed by atoms with Gasteiger partial charge in [0.05, 0.1) is 14.2 Å². The molecule has 0 spiro atoms. The summed E-state index contributed by atoms with van der Waals surface area (Å²) in [7, 11) is 2.70. The van der Waals surface area contributed by atoms with Gasteiger partial charge in [-0.25, -0.2) is 4.79 Å². The summed E-state index contributed by atoms with van der Waals surface area (Å²) in [6.45, 7) is 0.771. The molecule has 9 nitrogen and oxygen atoms in total. The summed E-state index contributed by atoms with van der Waals surface area (Å²) in [6, 6.07) is 9.33. The molecule has 0 saturated heterocycles. The number of anilines is 2. The Bertz CT molecular complexity index is 940. The molecule has 0 saturated carbocycles. The van der Waals surface area contributed by atoms with E-state index in [1.165, 1.54) is 33.3 Å². The molecular formula is C20H20N2O7. The van der Waals surface area contributed by atoms with E-state index >= 15 is 0 Å². The van der Waals surface area contributed by atoms with Crippen LogP contribution in [0.2, 0.25) is 0 Å². The van der Waals surface area contributed by atoms with Crippen molar-refractivity contribution in [2.45, 2.75) is 6.92 Å². The molecule has 0 heterocycles. The normalized spacial score (nSPS) is 9.90. The number of hydrogen-bond donors (Lipinski definition) is 2. The van der Waals surface area contributed by atoms with Crippen molar-refractivity contribution >= 4 is 35.4 Å². The summed E-state index contributed by atoms with van der Waals surface area (Å²) in [5, 5.41) is 5.14. The number of ether oxygens (including phenoxy) is 3. The molecule has 2 aromatic carbocycles. The van der Waals surface area contributed by atoms with Gasteiger partial charge in [-0.2, -0.15) is 0 Å². The monoisotopic (exact) mass is 400 g/mol. The first-order valence-corrected chi connectivity index (χ1v) is 8.44. The summed E-state index contributed by atoms with van der Waals surface area (Å²) in [6.07, 6.45) is 0.478. The highest BCUT2D eigenvalue weighted by atomic mass is 16.5.